The smallest absolute Gasteiger partial charge is 0.310 e. The van der Waals surface area contributed by atoms with Gasteiger partial charge in [-0.2, -0.15) is 4.67 Å². The van der Waals surface area contributed by atoms with E-state index in [9.17, 15) is 0 Å². The van der Waals surface area contributed by atoms with Crippen LogP contribution in [0.4, 0.5) is 0 Å². The first-order chi connectivity index (χ1) is 39.6. The number of hydrogen-bond donors (Lipinski definition) is 0. The zero-order valence-corrected chi connectivity index (χ0v) is 52.7. The second kappa shape index (κ2) is 35.1. The summed E-state index contributed by atoms with van der Waals surface area (Å²) in [6.07, 6.45) is 42.8. The number of rotatable bonds is 8. The van der Waals surface area contributed by atoms with Crippen molar-refractivity contribution in [1.29, 1.82) is 0 Å². The Labute approximate surface area is 502 Å². The van der Waals surface area contributed by atoms with Gasteiger partial charge in [0.25, 0.3) is 0 Å². The summed E-state index contributed by atoms with van der Waals surface area (Å²) in [7, 11) is -2.73. The van der Waals surface area contributed by atoms with Crippen molar-refractivity contribution in [3.05, 3.63) is 201 Å². The summed E-state index contributed by atoms with van der Waals surface area (Å²) in [5, 5.41) is 4.42. The Morgan fingerprint density at radius 3 is 0.938 bits per heavy atom. The number of nitrogens with zero attached hydrogens (tertiary/aromatic N) is 2. The quantitative estimate of drug-likeness (QED) is 0.141. The summed E-state index contributed by atoms with van der Waals surface area (Å²) in [5.41, 5.74) is 6.17. The largest absolute Gasteiger partial charge is 0.408 e. The summed E-state index contributed by atoms with van der Waals surface area (Å²) in [5.74, 6) is 0. The first kappa shape index (κ1) is 62.7. The summed E-state index contributed by atoms with van der Waals surface area (Å²) in [4.78, 5) is 0. The number of hydrogen-bond acceptors (Lipinski definition) is 6. The van der Waals surface area contributed by atoms with Gasteiger partial charge in [0.1, 0.15) is 22.3 Å². The van der Waals surface area contributed by atoms with E-state index in [1.165, 1.54) is 165 Å². The van der Waals surface area contributed by atoms with Crippen LogP contribution >= 0.6 is 16.3 Å². The molecule has 81 heavy (non-hydrogen) atoms. The van der Waals surface area contributed by atoms with Gasteiger partial charge in [-0.25, -0.2) is 4.67 Å². The van der Waals surface area contributed by atoms with Crippen molar-refractivity contribution in [3.8, 4) is 0 Å². The van der Waals surface area contributed by atoms with Crippen molar-refractivity contribution in [1.82, 2.24) is 0 Å². The molecule has 433 valence electrons. The summed E-state index contributed by atoms with van der Waals surface area (Å²) in [6, 6.07) is 56.0. The molecule has 0 aliphatic heterocycles. The second-order valence-corrected chi connectivity index (χ2v) is 25.1. The maximum Gasteiger partial charge on any atom is 0.310 e. The van der Waals surface area contributed by atoms with Crippen LogP contribution < -0.4 is 9.34 Å². The van der Waals surface area contributed by atoms with Gasteiger partial charge < -0.3 is 23.7 Å². The maximum absolute atomic E-state index is 6.84. The van der Waals surface area contributed by atoms with Crippen LogP contribution in [0.5, 0.6) is 0 Å². The Morgan fingerprint density at radius 2 is 0.605 bits per heavy atom. The summed E-state index contributed by atoms with van der Waals surface area (Å²) in [6.45, 7) is 7.05. The molecule has 11 rings (SSSR count). The van der Waals surface area contributed by atoms with Crippen molar-refractivity contribution in [3.63, 3.8) is 0 Å². The van der Waals surface area contributed by atoms with Crippen LogP contribution in [0.15, 0.2) is 175 Å². The van der Waals surface area contributed by atoms with Crippen LogP contribution in [-0.2, 0) is 20.1 Å². The topological polar surface area (TPSA) is 59.0 Å². The zero-order valence-electron chi connectivity index (χ0n) is 48.5. The van der Waals surface area contributed by atoms with Crippen LogP contribution in [0.1, 0.15) is 197 Å². The van der Waals surface area contributed by atoms with Crippen molar-refractivity contribution in [2.45, 2.75) is 198 Å². The number of benzene rings is 6. The molecule has 0 amide bonds. The van der Waals surface area contributed by atoms with Gasteiger partial charge >= 0.3 is 16.3 Å². The Hall–Kier alpha value is -4.31. The third-order valence-corrected chi connectivity index (χ3v) is 20.1. The normalized spacial score (nSPS) is 17.9. The average molecular weight is 1300 g/mol. The van der Waals surface area contributed by atoms with Crippen molar-refractivity contribution in [2.24, 2.45) is 0 Å². The van der Waals surface area contributed by atoms with Gasteiger partial charge in [0, 0.05) is 59.8 Å². The van der Waals surface area contributed by atoms with Gasteiger partial charge in [-0.3, -0.25) is 0 Å². The molecule has 6 aromatic carbocycles. The fourth-order valence-corrected chi connectivity index (χ4v) is 15.6. The molecule has 3 fully saturated rings. The molecule has 0 saturated heterocycles. The second-order valence-electron chi connectivity index (χ2n) is 22.5. The molecule has 5 radical (unpaired) electrons. The molecule has 9 heteroatoms. The fourth-order valence-electron chi connectivity index (χ4n) is 12.1. The van der Waals surface area contributed by atoms with E-state index in [1.54, 1.807) is 0 Å². The van der Waals surface area contributed by atoms with E-state index < -0.39 is 16.3 Å². The molecule has 3 aliphatic rings. The van der Waals surface area contributed by atoms with E-state index in [0.717, 1.165) is 56.7 Å². The minimum absolute atomic E-state index is 0. The molecular weight excluding hydrogens is 1210 g/mol. The first-order valence-corrected chi connectivity index (χ1v) is 33.4. The van der Waals surface area contributed by atoms with E-state index in [-0.39, 0.29) is 32.2 Å². The molecule has 3 saturated carbocycles. The predicted octanol–water partition coefficient (Wildman–Crippen LogP) is 23.5. The minimum Gasteiger partial charge on any atom is -0.408 e. The first-order valence-electron chi connectivity index (χ1n) is 31.1. The van der Waals surface area contributed by atoms with E-state index in [0.29, 0.717) is 12.1 Å². The van der Waals surface area contributed by atoms with Gasteiger partial charge in [0.15, 0.2) is 0 Å². The average Bonchev–Trinajstić information content (AvgIpc) is 3.79. The van der Waals surface area contributed by atoms with Crippen LogP contribution in [-0.4, -0.2) is 12.1 Å². The molecule has 2 aromatic heterocycles. The van der Waals surface area contributed by atoms with E-state index >= 15 is 0 Å². The predicted molar refractivity (Wildman–Crippen MR) is 343 cm³/mol. The molecule has 8 aromatic rings. The van der Waals surface area contributed by atoms with Crippen LogP contribution in [0, 0.1) is 32.6 Å². The Kier molecular flexibility index (Phi) is 27.2. The Balaban J connectivity index is 0.000000185. The monoisotopic (exact) mass is 1300 g/mol. The summed E-state index contributed by atoms with van der Waals surface area (Å²) < 4.78 is 32.4. The Bertz CT molecular complexity index is 2730. The van der Waals surface area contributed by atoms with Crippen molar-refractivity contribution in [2.75, 3.05) is 9.34 Å². The van der Waals surface area contributed by atoms with Crippen molar-refractivity contribution >= 4 is 60.2 Å². The fraction of sp³-hybridized carbons (Fsp3) is 0.431. The molecule has 6 nitrogen and oxygen atoms in total. The maximum atomic E-state index is 6.84. The van der Waals surface area contributed by atoms with Crippen LogP contribution in [0.2, 0.25) is 0 Å². The van der Waals surface area contributed by atoms with Gasteiger partial charge in [-0.1, -0.05) is 261 Å². The SMILES string of the molecule is C[C@H](c1ccccc1)N(C1CCCCCCCCCCC1)p1oc2ccccc2c2ccccc2o1.[CH2-][C@H](c1ccccc1)N(C1CCCCCCCCCCC1)p1oc2ccccc2c2ccccc2o1.[CH]1[CH]CC[CH][CH]CC1.[Ir]. The summed E-state index contributed by atoms with van der Waals surface area (Å²) >= 11 is 0. The van der Waals surface area contributed by atoms with Crippen LogP contribution in [0.3, 0.4) is 0 Å². The molecule has 0 spiro atoms. The number of fused-ring (bicyclic) bond motifs is 6. The van der Waals surface area contributed by atoms with Gasteiger partial charge in [-0.05, 0) is 114 Å². The molecule has 2 atom stereocenters. The molecule has 0 N–H and O–H groups in total. The minimum atomic E-state index is -1.40. The van der Waals surface area contributed by atoms with Crippen molar-refractivity contribution < 1.29 is 36.9 Å². The van der Waals surface area contributed by atoms with Gasteiger partial charge in [0.05, 0.1) is 0 Å². The van der Waals surface area contributed by atoms with Gasteiger partial charge in [0.2, 0.25) is 0 Å². The number of para-hydroxylation sites is 4. The van der Waals surface area contributed by atoms with E-state index in [1.807, 2.05) is 0 Å². The van der Waals surface area contributed by atoms with E-state index in [2.05, 4.69) is 200 Å². The Morgan fingerprint density at radius 1 is 0.346 bits per heavy atom. The molecule has 0 bridgehead atoms. The molecule has 3 aliphatic carbocycles. The third kappa shape index (κ3) is 18.8. The molecule has 0 unspecified atom stereocenters. The zero-order chi connectivity index (χ0) is 54.8. The van der Waals surface area contributed by atoms with Crippen LogP contribution in [0.25, 0.3) is 43.9 Å². The third-order valence-electron chi connectivity index (χ3n) is 16.6. The van der Waals surface area contributed by atoms with Gasteiger partial charge in [-0.15, -0.1) is 0 Å². The van der Waals surface area contributed by atoms with E-state index in [4.69, 9.17) is 23.7 Å². The molecule has 2 heterocycles. The molecular formula is C72H91IrN2O4P2-. The standard InChI is InChI=1S/C32H40NO2P.C32H39NO2P.C8H12.Ir/c2*1-26(27-18-10-9-11-19-27)33(28-20-12-7-5-3-2-4-6-8-13-21-28)36-34-31-24-16-14-22-29(31)30-23-15-17-25-32(30)35-36;1-2-4-6-8-7-5-3-1;/h9-11,14-19,22-26,28H,2-8,12-13,20-21H2,1H3;9-11,14-19,22-26,28H,1-8,12-13,20-21H2;1-2,7-8H,3-6H2;/q;-1;;/t2*26-;;/m11../s1.